The van der Waals surface area contributed by atoms with Gasteiger partial charge in [-0.2, -0.15) is 0 Å². The summed E-state index contributed by atoms with van der Waals surface area (Å²) in [5.41, 5.74) is 5.08. The van der Waals surface area contributed by atoms with Crippen LogP contribution in [0.4, 0.5) is 14.5 Å². The van der Waals surface area contributed by atoms with Crippen LogP contribution in [0.15, 0.2) is 17.0 Å². The van der Waals surface area contributed by atoms with Gasteiger partial charge in [-0.1, -0.05) is 0 Å². The highest BCUT2D eigenvalue weighted by molar-refractivity contribution is 7.89. The third-order valence-electron chi connectivity index (χ3n) is 2.40. The molecule has 0 spiro atoms. The van der Waals surface area contributed by atoms with Crippen LogP contribution >= 0.6 is 0 Å². The highest BCUT2D eigenvalue weighted by Gasteiger charge is 2.22. The molecule has 6 nitrogen and oxygen atoms in total. The number of carbonyl (C=O) groups excluding carboxylic acids is 1. The second kappa shape index (κ2) is 6.81. The van der Waals surface area contributed by atoms with Crippen LogP contribution in [0.3, 0.4) is 0 Å². The predicted octanol–water partition coefficient (Wildman–Crippen LogP) is 0.740. The lowest BCUT2D eigenvalue weighted by molar-refractivity contribution is -0.121. The Bertz CT molecular complexity index is 633. The molecule has 0 unspecified atom stereocenters. The summed E-state index contributed by atoms with van der Waals surface area (Å²) in [6.45, 7) is 3.27. The summed E-state index contributed by atoms with van der Waals surface area (Å²) in [6.07, 6.45) is -0.121. The molecule has 1 aromatic rings. The third-order valence-corrected chi connectivity index (χ3v) is 3.86. The molecule has 0 saturated carbocycles. The van der Waals surface area contributed by atoms with E-state index in [1.54, 1.807) is 13.8 Å². The summed E-state index contributed by atoms with van der Waals surface area (Å²) >= 11 is 0. The van der Waals surface area contributed by atoms with Crippen molar-refractivity contribution in [2.45, 2.75) is 31.2 Å². The molecule has 1 rings (SSSR count). The molecule has 0 radical (unpaired) electrons. The first-order valence-electron chi connectivity index (χ1n) is 6.17. The molecule has 9 heteroatoms. The number of nitrogen functional groups attached to an aromatic ring is 1. The van der Waals surface area contributed by atoms with Gasteiger partial charge in [-0.05, 0) is 26.0 Å². The van der Waals surface area contributed by atoms with E-state index in [2.05, 4.69) is 5.32 Å². The first-order valence-corrected chi connectivity index (χ1v) is 7.65. The van der Waals surface area contributed by atoms with E-state index < -0.39 is 26.6 Å². The van der Waals surface area contributed by atoms with Gasteiger partial charge in [0.2, 0.25) is 15.9 Å². The molecule has 0 atom stereocenters. The molecule has 0 aromatic heterocycles. The fourth-order valence-corrected chi connectivity index (χ4v) is 2.70. The Morgan fingerprint density at radius 2 is 1.95 bits per heavy atom. The van der Waals surface area contributed by atoms with Gasteiger partial charge >= 0.3 is 0 Å². The fraction of sp³-hybridized carbons (Fsp3) is 0.417. The molecule has 0 aliphatic carbocycles. The zero-order valence-corrected chi connectivity index (χ0v) is 12.4. The Morgan fingerprint density at radius 1 is 1.33 bits per heavy atom. The molecular formula is C12H17F2N3O3S. The molecule has 0 saturated heterocycles. The van der Waals surface area contributed by atoms with Crippen LogP contribution < -0.4 is 15.8 Å². The maximum Gasteiger partial charge on any atom is 0.243 e. The lowest BCUT2D eigenvalue weighted by Gasteiger charge is -2.10. The first-order chi connectivity index (χ1) is 9.63. The van der Waals surface area contributed by atoms with E-state index in [9.17, 15) is 22.0 Å². The third kappa shape index (κ3) is 4.94. The summed E-state index contributed by atoms with van der Waals surface area (Å²) < 4.78 is 52.4. The number of hydrogen-bond acceptors (Lipinski definition) is 4. The highest BCUT2D eigenvalue weighted by atomic mass is 32.2. The second-order valence-electron chi connectivity index (χ2n) is 4.68. The van der Waals surface area contributed by atoms with Crippen molar-refractivity contribution in [2.75, 3.05) is 12.3 Å². The first kappa shape index (κ1) is 17.3. The van der Waals surface area contributed by atoms with Crippen LogP contribution in [0.2, 0.25) is 0 Å². The second-order valence-corrected chi connectivity index (χ2v) is 6.42. The van der Waals surface area contributed by atoms with Gasteiger partial charge in [0.15, 0.2) is 11.6 Å². The molecule has 0 aliphatic rings. The van der Waals surface area contributed by atoms with Gasteiger partial charge in [-0.3, -0.25) is 4.79 Å². The number of carbonyl (C=O) groups is 1. The molecule has 4 N–H and O–H groups in total. The minimum atomic E-state index is -4.29. The maximum atomic E-state index is 13.5. The van der Waals surface area contributed by atoms with E-state index in [1.165, 1.54) is 0 Å². The van der Waals surface area contributed by atoms with Gasteiger partial charge in [0, 0.05) is 24.7 Å². The lowest BCUT2D eigenvalue weighted by atomic mass is 10.3. The molecule has 0 bridgehead atoms. The number of nitrogens with one attached hydrogen (secondary N) is 2. The van der Waals surface area contributed by atoms with Crippen LogP contribution in [-0.4, -0.2) is 26.9 Å². The van der Waals surface area contributed by atoms with E-state index in [-0.39, 0.29) is 30.6 Å². The summed E-state index contributed by atoms with van der Waals surface area (Å²) in [7, 11) is -4.29. The molecule has 0 heterocycles. The minimum Gasteiger partial charge on any atom is -0.399 e. The van der Waals surface area contributed by atoms with Crippen molar-refractivity contribution >= 4 is 21.6 Å². The van der Waals surface area contributed by atoms with E-state index in [0.29, 0.717) is 6.07 Å². The summed E-state index contributed by atoms with van der Waals surface area (Å²) in [5, 5.41) is 2.57. The molecular weight excluding hydrogens is 304 g/mol. The molecule has 118 valence electrons. The zero-order chi connectivity index (χ0) is 16.2. The summed E-state index contributed by atoms with van der Waals surface area (Å²) in [4.78, 5) is 10.5. The van der Waals surface area contributed by atoms with Crippen LogP contribution in [0.5, 0.6) is 0 Å². The number of sulfonamides is 1. The van der Waals surface area contributed by atoms with Gasteiger partial charge < -0.3 is 11.1 Å². The van der Waals surface area contributed by atoms with Crippen molar-refractivity contribution in [1.29, 1.82) is 0 Å². The smallest absolute Gasteiger partial charge is 0.243 e. The number of halogens is 2. The van der Waals surface area contributed by atoms with Gasteiger partial charge in [0.05, 0.1) is 0 Å². The fourth-order valence-electron chi connectivity index (χ4n) is 1.55. The number of benzene rings is 1. The molecule has 1 amide bonds. The summed E-state index contributed by atoms with van der Waals surface area (Å²) in [5.74, 6) is -3.22. The van der Waals surface area contributed by atoms with Crippen molar-refractivity contribution in [3.8, 4) is 0 Å². The van der Waals surface area contributed by atoms with Crippen LogP contribution in [0, 0.1) is 11.6 Å². The van der Waals surface area contributed by atoms with E-state index in [0.717, 1.165) is 6.07 Å². The molecule has 1 aromatic carbocycles. The molecule has 0 aliphatic heterocycles. The van der Waals surface area contributed by atoms with Crippen molar-refractivity contribution in [3.05, 3.63) is 23.8 Å². The standard InChI is InChI=1S/C12H17F2N3O3S/c1-7(2)17-11(18)3-4-16-21(19,20)10-6-8(15)5-9(13)12(10)14/h5-7,16H,3-4,15H2,1-2H3,(H,17,18). The van der Waals surface area contributed by atoms with Crippen LogP contribution in [0.1, 0.15) is 20.3 Å². The van der Waals surface area contributed by atoms with E-state index in [4.69, 9.17) is 5.73 Å². The molecule has 0 fully saturated rings. The van der Waals surface area contributed by atoms with Gasteiger partial charge in [0.25, 0.3) is 0 Å². The number of rotatable bonds is 6. The Kier molecular flexibility index (Phi) is 5.62. The van der Waals surface area contributed by atoms with Crippen LogP contribution in [0.25, 0.3) is 0 Å². The Balaban J connectivity index is 2.77. The topological polar surface area (TPSA) is 101 Å². The van der Waals surface area contributed by atoms with Crippen molar-refractivity contribution in [1.82, 2.24) is 10.0 Å². The number of amides is 1. The predicted molar refractivity (Wildman–Crippen MR) is 73.9 cm³/mol. The Labute approximate surface area is 121 Å². The largest absolute Gasteiger partial charge is 0.399 e. The van der Waals surface area contributed by atoms with Gasteiger partial charge in [-0.25, -0.2) is 21.9 Å². The number of anilines is 1. The van der Waals surface area contributed by atoms with Gasteiger partial charge in [0.1, 0.15) is 4.90 Å². The average Bonchev–Trinajstić information content (AvgIpc) is 2.32. The minimum absolute atomic E-state index is 0.0745. The lowest BCUT2D eigenvalue weighted by Crippen LogP contribution is -2.34. The highest BCUT2D eigenvalue weighted by Crippen LogP contribution is 2.20. The van der Waals surface area contributed by atoms with E-state index in [1.807, 2.05) is 4.72 Å². The Morgan fingerprint density at radius 3 is 2.52 bits per heavy atom. The van der Waals surface area contributed by atoms with Gasteiger partial charge in [-0.15, -0.1) is 0 Å². The van der Waals surface area contributed by atoms with Crippen molar-refractivity contribution in [2.24, 2.45) is 0 Å². The molecule has 21 heavy (non-hydrogen) atoms. The SMILES string of the molecule is CC(C)NC(=O)CCNS(=O)(=O)c1cc(N)cc(F)c1F. The Hall–Kier alpha value is -1.74. The quantitative estimate of drug-likeness (QED) is 0.673. The van der Waals surface area contributed by atoms with Crippen molar-refractivity contribution < 1.29 is 22.0 Å². The number of nitrogens with two attached hydrogens (primary N) is 1. The van der Waals surface area contributed by atoms with E-state index >= 15 is 0 Å². The summed E-state index contributed by atoms with van der Waals surface area (Å²) in [6, 6.07) is 1.42. The van der Waals surface area contributed by atoms with Crippen molar-refractivity contribution in [3.63, 3.8) is 0 Å². The monoisotopic (exact) mass is 321 g/mol. The normalized spacial score (nSPS) is 11.7. The number of hydrogen-bond donors (Lipinski definition) is 3. The zero-order valence-electron chi connectivity index (χ0n) is 11.6. The average molecular weight is 321 g/mol. The maximum absolute atomic E-state index is 13.5. The van der Waals surface area contributed by atoms with Crippen LogP contribution in [-0.2, 0) is 14.8 Å².